The van der Waals surface area contributed by atoms with Gasteiger partial charge in [-0.3, -0.25) is 0 Å². The maximum absolute atomic E-state index is 6.09. The molecule has 0 N–H and O–H groups in total. The third kappa shape index (κ3) is 3.69. The minimum atomic E-state index is -2.57. The summed E-state index contributed by atoms with van der Waals surface area (Å²) < 4.78 is 17.7. The molecule has 2 fully saturated rings. The summed E-state index contributed by atoms with van der Waals surface area (Å²) in [6.45, 7) is 7.70. The predicted molar refractivity (Wildman–Crippen MR) is 111 cm³/mol. The van der Waals surface area contributed by atoms with Crippen LogP contribution in [0.4, 0.5) is 0 Å². The molecule has 0 amide bonds. The standard InChI is InChI=1S/C15H22O3S4Si/c1-4-16-23(6-3,17-5-2)18-8-7-9-10-13(20)11(12(9)19)15(22)14(10)21/h9-11H,4-8H2,1-3H3. The fraction of sp³-hybridized carbons (Fsp3) is 0.733. The smallest absolute Gasteiger partial charge is 0.374 e. The van der Waals surface area contributed by atoms with Gasteiger partial charge in [0.05, 0.1) is 5.92 Å². The van der Waals surface area contributed by atoms with Crippen LogP contribution >= 0.6 is 48.9 Å². The average molecular weight is 407 g/mol. The van der Waals surface area contributed by atoms with E-state index in [4.69, 9.17) is 62.1 Å². The van der Waals surface area contributed by atoms with Crippen molar-refractivity contribution in [2.24, 2.45) is 17.8 Å². The van der Waals surface area contributed by atoms with E-state index in [2.05, 4.69) is 0 Å². The molecule has 23 heavy (non-hydrogen) atoms. The highest BCUT2D eigenvalue weighted by Crippen LogP contribution is 2.43. The molecule has 0 saturated heterocycles. The molecule has 0 radical (unpaired) electrons. The number of hydrogen-bond donors (Lipinski definition) is 0. The Kier molecular flexibility index (Phi) is 7.07. The Morgan fingerprint density at radius 3 is 1.96 bits per heavy atom. The third-order valence-electron chi connectivity index (χ3n) is 4.34. The van der Waals surface area contributed by atoms with E-state index in [0.717, 1.165) is 31.9 Å². The fourth-order valence-electron chi connectivity index (χ4n) is 3.28. The second-order valence-electron chi connectivity index (χ2n) is 5.59. The topological polar surface area (TPSA) is 27.7 Å². The van der Waals surface area contributed by atoms with E-state index in [0.29, 0.717) is 19.8 Å². The van der Waals surface area contributed by atoms with Crippen LogP contribution in [0.1, 0.15) is 27.2 Å². The van der Waals surface area contributed by atoms with Gasteiger partial charge in [0.1, 0.15) is 0 Å². The van der Waals surface area contributed by atoms with Gasteiger partial charge in [-0.1, -0.05) is 55.8 Å². The van der Waals surface area contributed by atoms with Crippen LogP contribution in [-0.4, -0.2) is 48.1 Å². The molecule has 0 heterocycles. The molecular formula is C15H22O3S4Si. The van der Waals surface area contributed by atoms with Crippen molar-refractivity contribution in [1.82, 2.24) is 0 Å². The molecule has 2 saturated carbocycles. The first-order chi connectivity index (χ1) is 10.9. The summed E-state index contributed by atoms with van der Waals surface area (Å²) in [5, 5.41) is 0. The van der Waals surface area contributed by atoms with E-state index >= 15 is 0 Å². The molecule has 3 unspecified atom stereocenters. The van der Waals surface area contributed by atoms with Crippen LogP contribution in [0.3, 0.4) is 0 Å². The van der Waals surface area contributed by atoms with Crippen LogP contribution in [0.25, 0.3) is 0 Å². The summed E-state index contributed by atoms with van der Waals surface area (Å²) in [4.78, 5) is 3.46. The van der Waals surface area contributed by atoms with Crippen molar-refractivity contribution in [3.63, 3.8) is 0 Å². The van der Waals surface area contributed by atoms with Crippen molar-refractivity contribution in [2.45, 2.75) is 33.2 Å². The number of fused-ring (bicyclic) bond motifs is 2. The molecule has 0 aromatic carbocycles. The molecule has 0 aliphatic heterocycles. The lowest BCUT2D eigenvalue weighted by molar-refractivity contribution is 0.0655. The molecule has 0 aromatic heterocycles. The summed E-state index contributed by atoms with van der Waals surface area (Å²) in [6, 6.07) is 0.761. The first kappa shape index (κ1) is 19.8. The van der Waals surface area contributed by atoms with Crippen LogP contribution in [0, 0.1) is 17.8 Å². The molecule has 8 heteroatoms. The molecule has 2 bridgehead atoms. The lowest BCUT2D eigenvalue weighted by Gasteiger charge is -2.29. The zero-order chi connectivity index (χ0) is 17.2. The van der Waals surface area contributed by atoms with Gasteiger partial charge in [-0.25, -0.2) is 0 Å². The molecule has 2 aliphatic rings. The van der Waals surface area contributed by atoms with Crippen LogP contribution < -0.4 is 0 Å². The van der Waals surface area contributed by atoms with Gasteiger partial charge in [-0.2, -0.15) is 0 Å². The Labute approximate surface area is 160 Å². The van der Waals surface area contributed by atoms with E-state index in [9.17, 15) is 0 Å². The zero-order valence-electron chi connectivity index (χ0n) is 13.6. The van der Waals surface area contributed by atoms with Gasteiger partial charge in [0.2, 0.25) is 0 Å². The van der Waals surface area contributed by atoms with Gasteiger partial charge in [-0.15, -0.1) is 0 Å². The van der Waals surface area contributed by atoms with Crippen molar-refractivity contribution in [3.8, 4) is 0 Å². The van der Waals surface area contributed by atoms with Crippen LogP contribution in [-0.2, 0) is 13.3 Å². The van der Waals surface area contributed by atoms with Crippen LogP contribution in [0.5, 0.6) is 0 Å². The highest BCUT2D eigenvalue weighted by molar-refractivity contribution is 7.91. The molecule has 3 nitrogen and oxygen atoms in total. The molecule has 3 atom stereocenters. The average Bonchev–Trinajstić information content (AvgIpc) is 2.88. The summed E-state index contributed by atoms with van der Waals surface area (Å²) in [5.74, 6) is 0.198. The van der Waals surface area contributed by atoms with Gasteiger partial charge >= 0.3 is 8.80 Å². The summed E-state index contributed by atoms with van der Waals surface area (Å²) in [5.41, 5.74) is 0. The minimum Gasteiger partial charge on any atom is -0.374 e. The zero-order valence-corrected chi connectivity index (χ0v) is 17.9. The van der Waals surface area contributed by atoms with Gasteiger partial charge in [-0.05, 0) is 20.3 Å². The first-order valence-corrected chi connectivity index (χ1v) is 11.6. The van der Waals surface area contributed by atoms with E-state index in [1.807, 2.05) is 20.8 Å². The molecule has 0 aromatic rings. The van der Waals surface area contributed by atoms with Gasteiger partial charge < -0.3 is 13.3 Å². The Bertz CT molecular complexity index is 531. The van der Waals surface area contributed by atoms with Gasteiger partial charge in [0.15, 0.2) is 0 Å². The number of rotatable bonds is 9. The lowest BCUT2D eigenvalue weighted by Crippen LogP contribution is -2.46. The highest BCUT2D eigenvalue weighted by atomic mass is 32.1. The largest absolute Gasteiger partial charge is 0.500 e. The van der Waals surface area contributed by atoms with Gasteiger partial charge in [0.25, 0.3) is 0 Å². The fourth-order valence-corrected chi connectivity index (χ4v) is 7.57. The van der Waals surface area contributed by atoms with E-state index in [-0.39, 0.29) is 17.8 Å². The summed E-state index contributed by atoms with van der Waals surface area (Å²) in [7, 11) is -2.57. The van der Waals surface area contributed by atoms with Gasteiger partial charge in [0, 0.05) is 57.2 Å². The van der Waals surface area contributed by atoms with E-state index in [1.165, 1.54) is 0 Å². The molecular weight excluding hydrogens is 385 g/mol. The second kappa shape index (κ2) is 8.22. The quantitative estimate of drug-likeness (QED) is 0.425. The second-order valence-corrected chi connectivity index (χ2v) is 10.4. The Balaban J connectivity index is 1.98. The van der Waals surface area contributed by atoms with Crippen LogP contribution in [0.2, 0.25) is 6.04 Å². The Morgan fingerprint density at radius 2 is 1.48 bits per heavy atom. The van der Waals surface area contributed by atoms with Crippen molar-refractivity contribution in [1.29, 1.82) is 0 Å². The molecule has 128 valence electrons. The molecule has 2 aliphatic carbocycles. The lowest BCUT2D eigenvalue weighted by atomic mass is 9.86. The van der Waals surface area contributed by atoms with Crippen molar-refractivity contribution in [3.05, 3.63) is 0 Å². The minimum absolute atomic E-state index is 0.0375. The predicted octanol–water partition coefficient (Wildman–Crippen LogP) is 3.78. The summed E-state index contributed by atoms with van der Waals surface area (Å²) >= 11 is 22.0. The highest BCUT2D eigenvalue weighted by Gasteiger charge is 2.54. The maximum atomic E-state index is 6.09. The normalized spacial score (nSPS) is 27.3. The number of thiocarbonyl (C=S) groups is 4. The SMILES string of the molecule is CCO[Si](CC)(OCC)OCCC1C(=S)C2C(=S)C(=S)C1C2=S. The van der Waals surface area contributed by atoms with Crippen molar-refractivity contribution < 1.29 is 13.3 Å². The number of hydrogen-bond acceptors (Lipinski definition) is 7. The molecule has 0 spiro atoms. The summed E-state index contributed by atoms with van der Waals surface area (Å²) in [6.07, 6.45) is 0.789. The Hall–Kier alpha value is 0.457. The third-order valence-corrected chi connectivity index (χ3v) is 9.40. The van der Waals surface area contributed by atoms with E-state index in [1.54, 1.807) is 0 Å². The van der Waals surface area contributed by atoms with E-state index < -0.39 is 8.80 Å². The Morgan fingerprint density at radius 1 is 0.870 bits per heavy atom. The van der Waals surface area contributed by atoms with Crippen molar-refractivity contribution >= 4 is 77.1 Å². The monoisotopic (exact) mass is 406 g/mol. The van der Waals surface area contributed by atoms with Crippen LogP contribution in [0.15, 0.2) is 0 Å². The molecule has 2 rings (SSSR count). The van der Waals surface area contributed by atoms with Crippen molar-refractivity contribution in [2.75, 3.05) is 19.8 Å². The first-order valence-electron chi connectivity index (χ1n) is 7.99. The maximum Gasteiger partial charge on any atom is 0.500 e.